The van der Waals surface area contributed by atoms with E-state index in [0.717, 1.165) is 4.80 Å². The van der Waals surface area contributed by atoms with E-state index in [0.29, 0.717) is 34.3 Å². The first kappa shape index (κ1) is 19.7. The summed E-state index contributed by atoms with van der Waals surface area (Å²) in [5.41, 5.74) is 0.741. The van der Waals surface area contributed by atoms with E-state index in [2.05, 4.69) is 42.4 Å². The van der Waals surface area contributed by atoms with E-state index in [-0.39, 0.29) is 5.41 Å². The Balaban J connectivity index is 2.52. The standard InChI is InChI=1S/C19H21ClN2OS2/c1-6-7-10-22-12-16(19(2,3)4)25-18(22)21-17(24)14-11-13(20)8-9-15(14)23-5/h1,8-9,11-12H,7,10H2,2-5H3. The predicted molar refractivity (Wildman–Crippen MR) is 110 cm³/mol. The van der Waals surface area contributed by atoms with Crippen molar-refractivity contribution in [1.29, 1.82) is 0 Å². The van der Waals surface area contributed by atoms with E-state index < -0.39 is 0 Å². The lowest BCUT2D eigenvalue weighted by atomic mass is 9.95. The second-order valence-corrected chi connectivity index (χ2v) is 8.37. The van der Waals surface area contributed by atoms with Gasteiger partial charge in [-0.2, -0.15) is 0 Å². The van der Waals surface area contributed by atoms with Crippen molar-refractivity contribution in [1.82, 2.24) is 4.57 Å². The summed E-state index contributed by atoms with van der Waals surface area (Å²) in [6.07, 6.45) is 8.17. The Morgan fingerprint density at radius 1 is 1.44 bits per heavy atom. The van der Waals surface area contributed by atoms with Gasteiger partial charge in [0.2, 0.25) is 0 Å². The number of halogens is 1. The molecule has 0 aliphatic heterocycles. The summed E-state index contributed by atoms with van der Waals surface area (Å²) < 4.78 is 7.44. The molecule has 6 heteroatoms. The Morgan fingerprint density at radius 3 is 2.76 bits per heavy atom. The highest BCUT2D eigenvalue weighted by Gasteiger charge is 2.18. The Kier molecular flexibility index (Phi) is 6.45. The van der Waals surface area contributed by atoms with Gasteiger partial charge in [-0.15, -0.1) is 23.7 Å². The van der Waals surface area contributed by atoms with Gasteiger partial charge in [0, 0.05) is 29.1 Å². The van der Waals surface area contributed by atoms with Crippen molar-refractivity contribution in [3.63, 3.8) is 0 Å². The van der Waals surface area contributed by atoms with E-state index in [1.807, 2.05) is 0 Å². The van der Waals surface area contributed by atoms with Crippen LogP contribution >= 0.6 is 35.2 Å². The molecule has 0 radical (unpaired) electrons. The molecular formula is C19H21ClN2OS2. The van der Waals surface area contributed by atoms with E-state index in [4.69, 9.17) is 35.0 Å². The second kappa shape index (κ2) is 8.18. The largest absolute Gasteiger partial charge is 0.496 e. The minimum atomic E-state index is 0.0334. The van der Waals surface area contributed by atoms with Crippen LogP contribution in [0.1, 0.15) is 37.6 Å². The van der Waals surface area contributed by atoms with Gasteiger partial charge in [0.15, 0.2) is 4.80 Å². The Hall–Kier alpha value is -1.61. The highest BCUT2D eigenvalue weighted by Crippen LogP contribution is 2.26. The molecule has 0 spiro atoms. The number of benzene rings is 1. The van der Waals surface area contributed by atoms with Crippen LogP contribution in [0.3, 0.4) is 0 Å². The molecule has 0 bridgehead atoms. The number of thiocarbonyl (C=S) groups is 1. The van der Waals surface area contributed by atoms with Crippen LogP contribution in [0.15, 0.2) is 29.4 Å². The first-order valence-electron chi connectivity index (χ1n) is 7.83. The number of ether oxygens (including phenoxy) is 1. The van der Waals surface area contributed by atoms with Crippen LogP contribution in [0.4, 0.5) is 0 Å². The van der Waals surface area contributed by atoms with Gasteiger partial charge >= 0.3 is 0 Å². The zero-order valence-corrected chi connectivity index (χ0v) is 17.2. The molecule has 0 atom stereocenters. The summed E-state index contributed by atoms with van der Waals surface area (Å²) in [4.78, 5) is 7.16. The molecule has 1 heterocycles. The molecule has 0 aliphatic rings. The third-order valence-electron chi connectivity index (χ3n) is 3.55. The van der Waals surface area contributed by atoms with Crippen molar-refractivity contribution >= 4 is 40.1 Å². The van der Waals surface area contributed by atoms with Crippen LogP contribution in [-0.4, -0.2) is 16.7 Å². The SMILES string of the molecule is C#CCCn1cc(C(C)(C)C)sc1=NC(=S)c1cc(Cl)ccc1OC. The molecule has 0 aliphatic carbocycles. The lowest BCUT2D eigenvalue weighted by Crippen LogP contribution is -2.16. The van der Waals surface area contributed by atoms with Crippen molar-refractivity contribution in [2.24, 2.45) is 4.99 Å². The highest BCUT2D eigenvalue weighted by atomic mass is 35.5. The van der Waals surface area contributed by atoms with E-state index in [9.17, 15) is 0 Å². The molecule has 0 fully saturated rings. The van der Waals surface area contributed by atoms with Crippen molar-refractivity contribution < 1.29 is 4.74 Å². The van der Waals surface area contributed by atoms with Crippen molar-refractivity contribution in [3.8, 4) is 18.1 Å². The molecule has 2 rings (SSSR count). The smallest absolute Gasteiger partial charge is 0.191 e. The quantitative estimate of drug-likeness (QED) is 0.551. The lowest BCUT2D eigenvalue weighted by molar-refractivity contribution is 0.414. The maximum absolute atomic E-state index is 6.10. The van der Waals surface area contributed by atoms with Crippen molar-refractivity contribution in [2.75, 3.05) is 7.11 Å². The molecule has 25 heavy (non-hydrogen) atoms. The van der Waals surface area contributed by atoms with Crippen LogP contribution in [-0.2, 0) is 12.0 Å². The first-order valence-corrected chi connectivity index (χ1v) is 9.43. The van der Waals surface area contributed by atoms with Crippen LogP contribution in [0, 0.1) is 12.3 Å². The summed E-state index contributed by atoms with van der Waals surface area (Å²) in [7, 11) is 1.60. The molecule has 0 saturated carbocycles. The number of rotatable bonds is 4. The maximum Gasteiger partial charge on any atom is 0.191 e. The fourth-order valence-corrected chi connectivity index (χ4v) is 3.71. The van der Waals surface area contributed by atoms with E-state index >= 15 is 0 Å². The highest BCUT2D eigenvalue weighted by molar-refractivity contribution is 7.80. The number of terminal acetylenes is 1. The summed E-state index contributed by atoms with van der Waals surface area (Å²) in [6, 6.07) is 5.33. The minimum absolute atomic E-state index is 0.0334. The second-order valence-electron chi connectivity index (χ2n) is 6.54. The average Bonchev–Trinajstić information content (AvgIpc) is 2.95. The Morgan fingerprint density at radius 2 is 2.16 bits per heavy atom. The third-order valence-corrected chi connectivity index (χ3v) is 5.54. The number of hydrogen-bond donors (Lipinski definition) is 0. The monoisotopic (exact) mass is 392 g/mol. The minimum Gasteiger partial charge on any atom is -0.496 e. The van der Waals surface area contributed by atoms with Gasteiger partial charge in [-0.25, -0.2) is 4.99 Å². The van der Waals surface area contributed by atoms with E-state index in [1.165, 1.54) is 4.88 Å². The lowest BCUT2D eigenvalue weighted by Gasteiger charge is -2.14. The summed E-state index contributed by atoms with van der Waals surface area (Å²) in [5.74, 6) is 3.33. The number of methoxy groups -OCH3 is 1. The third kappa shape index (κ3) is 4.94. The Labute approximate surface area is 163 Å². The van der Waals surface area contributed by atoms with Gasteiger partial charge in [0.25, 0.3) is 0 Å². The molecule has 0 amide bonds. The molecular weight excluding hydrogens is 372 g/mol. The predicted octanol–water partition coefficient (Wildman–Crippen LogP) is 4.81. The van der Waals surface area contributed by atoms with Gasteiger partial charge in [0.1, 0.15) is 10.7 Å². The summed E-state index contributed by atoms with van der Waals surface area (Å²) in [6.45, 7) is 7.22. The average molecular weight is 393 g/mol. The van der Waals surface area contributed by atoms with Gasteiger partial charge in [-0.1, -0.05) is 44.6 Å². The fraction of sp³-hybridized carbons (Fsp3) is 0.368. The van der Waals surface area contributed by atoms with Crippen LogP contribution in [0.25, 0.3) is 0 Å². The van der Waals surface area contributed by atoms with Crippen LogP contribution < -0.4 is 9.54 Å². The zero-order chi connectivity index (χ0) is 18.6. The van der Waals surface area contributed by atoms with Crippen LogP contribution in [0.5, 0.6) is 5.75 Å². The molecule has 1 aromatic heterocycles. The molecule has 1 aromatic carbocycles. The normalized spacial score (nSPS) is 12.1. The molecule has 132 valence electrons. The van der Waals surface area contributed by atoms with Gasteiger partial charge in [-0.05, 0) is 23.6 Å². The number of thiazole rings is 1. The zero-order valence-electron chi connectivity index (χ0n) is 14.8. The van der Waals surface area contributed by atoms with E-state index in [1.54, 1.807) is 36.6 Å². The molecule has 2 aromatic rings. The number of aromatic nitrogens is 1. The molecule has 3 nitrogen and oxygen atoms in total. The van der Waals surface area contributed by atoms with Crippen molar-refractivity contribution in [3.05, 3.63) is 44.7 Å². The van der Waals surface area contributed by atoms with Gasteiger partial charge < -0.3 is 9.30 Å². The summed E-state index contributed by atoms with van der Waals surface area (Å²) in [5, 5.41) is 0.593. The van der Waals surface area contributed by atoms with Gasteiger partial charge in [0.05, 0.1) is 12.7 Å². The van der Waals surface area contributed by atoms with Gasteiger partial charge in [-0.3, -0.25) is 0 Å². The Bertz CT molecular complexity index is 882. The molecule has 0 N–H and O–H groups in total. The van der Waals surface area contributed by atoms with Crippen molar-refractivity contribution in [2.45, 2.75) is 39.2 Å². The number of hydrogen-bond acceptors (Lipinski definition) is 3. The van der Waals surface area contributed by atoms with Crippen LogP contribution in [0.2, 0.25) is 5.02 Å². The molecule has 0 unspecified atom stereocenters. The fourth-order valence-electron chi connectivity index (χ4n) is 2.15. The summed E-state index contributed by atoms with van der Waals surface area (Å²) >= 11 is 13.3. The first-order chi connectivity index (χ1) is 11.8. The number of nitrogens with zero attached hydrogens (tertiary/aromatic N) is 2. The number of aryl methyl sites for hydroxylation is 1. The topological polar surface area (TPSA) is 26.5 Å². The molecule has 0 saturated heterocycles. The maximum atomic E-state index is 6.10.